The average Bonchev–Trinajstić information content (AvgIpc) is 3.22. The zero-order valence-electron chi connectivity index (χ0n) is 18.9. The second kappa shape index (κ2) is 9.38. The van der Waals surface area contributed by atoms with Crippen molar-refractivity contribution in [2.45, 2.75) is 56.3 Å². The van der Waals surface area contributed by atoms with Gasteiger partial charge in [-0.05, 0) is 68.3 Å². The Labute approximate surface area is 236 Å². The summed E-state index contributed by atoms with van der Waals surface area (Å²) in [4.78, 5) is 26.9. The summed E-state index contributed by atoms with van der Waals surface area (Å²) < 4.78 is 33.1. The molecule has 166 valence electrons. The van der Waals surface area contributed by atoms with Gasteiger partial charge in [0.05, 0.1) is 43.8 Å². The molecule has 1 aromatic heterocycles. The number of aliphatic hydroxyl groups excluding tert-OH is 1. The van der Waals surface area contributed by atoms with E-state index in [0.29, 0.717) is 37.2 Å². The third-order valence-electron chi connectivity index (χ3n) is 8.17. The van der Waals surface area contributed by atoms with Crippen molar-refractivity contribution in [3.63, 3.8) is 0 Å². The molecule has 11 heteroatoms. The Morgan fingerprint density at radius 2 is 1.94 bits per heavy atom. The molecule has 1 aromatic carbocycles. The first-order chi connectivity index (χ1) is 14.7. The molecule has 7 nitrogen and oxygen atoms in total. The van der Waals surface area contributed by atoms with Crippen molar-refractivity contribution in [1.29, 1.82) is 0 Å². The second-order valence-electron chi connectivity index (χ2n) is 9.97. The quantitative estimate of drug-likeness (QED) is 0.341. The number of nitrogens with zero attached hydrogens (tertiary/aromatic N) is 2. The number of aromatic nitrogens is 2. The number of benzene rings is 1. The van der Waals surface area contributed by atoms with Crippen LogP contribution in [0.4, 0.5) is 4.39 Å². The monoisotopic (exact) mass is 492 g/mol. The fourth-order valence-electron chi connectivity index (χ4n) is 7.58. The number of halogens is 1. The van der Waals surface area contributed by atoms with E-state index >= 15 is 0 Å². The predicted molar refractivity (Wildman–Crippen MR) is 105 cm³/mol. The van der Waals surface area contributed by atoms with Crippen LogP contribution in [0.5, 0.6) is 0 Å². The molecule has 2 aromatic rings. The van der Waals surface area contributed by atoms with Crippen molar-refractivity contribution in [1.82, 2.24) is 9.55 Å². The molecule has 1 aliphatic heterocycles. The van der Waals surface area contributed by atoms with E-state index in [2.05, 4.69) is 4.98 Å². The predicted octanol–water partition coefficient (Wildman–Crippen LogP) is -3.61. The second-order valence-corrected chi connectivity index (χ2v) is 11.1. The Kier molecular flexibility index (Phi) is 7.53. The minimum Gasteiger partial charge on any atom is -0.790 e. The van der Waals surface area contributed by atoms with Crippen molar-refractivity contribution in [2.24, 2.45) is 23.7 Å². The van der Waals surface area contributed by atoms with Gasteiger partial charge in [-0.2, -0.15) is 0 Å². The van der Waals surface area contributed by atoms with Crippen LogP contribution in [0.3, 0.4) is 0 Å². The number of phosphoric ester groups is 1. The van der Waals surface area contributed by atoms with Crippen LogP contribution in [-0.2, 0) is 9.09 Å². The van der Waals surface area contributed by atoms with Crippen LogP contribution < -0.4 is 68.9 Å². The molecule has 0 saturated heterocycles. The first-order valence-electron chi connectivity index (χ1n) is 10.9. The van der Waals surface area contributed by atoms with Gasteiger partial charge in [0.25, 0.3) is 0 Å². The van der Waals surface area contributed by atoms with Crippen LogP contribution >= 0.6 is 7.82 Å². The zero-order valence-corrected chi connectivity index (χ0v) is 23.8. The van der Waals surface area contributed by atoms with Gasteiger partial charge in [0.1, 0.15) is 5.82 Å². The van der Waals surface area contributed by atoms with E-state index in [1.165, 1.54) is 6.07 Å². The van der Waals surface area contributed by atoms with E-state index in [9.17, 15) is 23.8 Å². The number of rotatable bonds is 5. The van der Waals surface area contributed by atoms with Gasteiger partial charge in [0.2, 0.25) is 0 Å². The van der Waals surface area contributed by atoms with Crippen molar-refractivity contribution in [2.75, 3.05) is 0 Å². The molecule has 4 saturated carbocycles. The Morgan fingerprint density at radius 3 is 2.61 bits per heavy atom. The van der Waals surface area contributed by atoms with E-state index < -0.39 is 19.5 Å². The minimum atomic E-state index is -5.07. The molecule has 1 N–H and O–H groups in total. The molecule has 5 aliphatic rings. The van der Waals surface area contributed by atoms with Gasteiger partial charge in [0, 0.05) is 11.1 Å². The van der Waals surface area contributed by atoms with E-state index in [1.807, 2.05) is 10.6 Å². The zero-order chi connectivity index (χ0) is 21.5. The van der Waals surface area contributed by atoms with Gasteiger partial charge in [-0.3, -0.25) is 0 Å². The molecule has 0 amide bonds. The van der Waals surface area contributed by atoms with Crippen molar-refractivity contribution in [3.05, 3.63) is 42.1 Å². The molecule has 4 fully saturated rings. The van der Waals surface area contributed by atoms with Crippen LogP contribution in [0, 0.1) is 29.5 Å². The Morgan fingerprint density at radius 1 is 1.24 bits per heavy atom. The summed E-state index contributed by atoms with van der Waals surface area (Å²) >= 11 is 0. The largest absolute Gasteiger partial charge is 1.00 e. The molecule has 4 unspecified atom stereocenters. The summed E-state index contributed by atoms with van der Waals surface area (Å²) in [5, 5.41) is 11.4. The summed E-state index contributed by atoms with van der Waals surface area (Å²) in [5.41, 5.74) is 1.37. The molecule has 0 radical (unpaired) electrons. The number of phosphoric acid groups is 1. The molecule has 0 spiro atoms. The van der Waals surface area contributed by atoms with Crippen LogP contribution in [0.25, 0.3) is 11.3 Å². The summed E-state index contributed by atoms with van der Waals surface area (Å²) in [6.07, 6.45) is 6.53. The fraction of sp³-hybridized carbons (Fsp3) is 0.591. The SMILES string of the molecule is O=P([O-])([O-])OC12CC3CC(C1)C(C(O)CC1c4c(F)cccc4-c4cncn41)C(C3)C2.[Na+].[Na+]. The maximum Gasteiger partial charge on any atom is 1.00 e. The number of imidazole rings is 1. The van der Waals surface area contributed by atoms with Crippen LogP contribution in [0.15, 0.2) is 30.7 Å². The smallest absolute Gasteiger partial charge is 0.790 e. The van der Waals surface area contributed by atoms with Gasteiger partial charge >= 0.3 is 59.1 Å². The first-order valence-corrected chi connectivity index (χ1v) is 12.4. The molecule has 33 heavy (non-hydrogen) atoms. The first kappa shape index (κ1) is 26.5. The van der Waals surface area contributed by atoms with Gasteiger partial charge in [-0.25, -0.2) is 9.37 Å². The maximum atomic E-state index is 14.8. The normalized spacial score (nSPS) is 34.2. The van der Waals surface area contributed by atoms with Gasteiger partial charge in [0.15, 0.2) is 0 Å². The summed E-state index contributed by atoms with van der Waals surface area (Å²) in [7, 11) is -5.07. The molecule has 2 heterocycles. The minimum absolute atomic E-state index is 0. The molecule has 4 bridgehead atoms. The molecular weight excluding hydrogens is 468 g/mol. The van der Waals surface area contributed by atoms with Gasteiger partial charge < -0.3 is 28.5 Å². The van der Waals surface area contributed by atoms with Crippen LogP contribution in [0.2, 0.25) is 0 Å². The third kappa shape index (κ3) is 4.53. The summed E-state index contributed by atoms with van der Waals surface area (Å²) in [5.74, 6) is 0.261. The molecule has 7 rings (SSSR count). The average molecular weight is 492 g/mol. The van der Waals surface area contributed by atoms with Crippen LogP contribution in [0.1, 0.15) is 50.1 Å². The third-order valence-corrected chi connectivity index (χ3v) is 8.78. The molecule has 4 atom stereocenters. The topological polar surface area (TPSA) is 110 Å². The Bertz CT molecular complexity index is 1080. The Hall–Kier alpha value is 0.430. The fourth-order valence-corrected chi connectivity index (χ4v) is 8.28. The Balaban J connectivity index is 0.00000130. The number of hydrogen-bond acceptors (Lipinski definition) is 6. The van der Waals surface area contributed by atoms with E-state index in [4.69, 9.17) is 4.52 Å². The standard InChI is InChI=1S/C22H26FN2O5P.2Na/c23-16-3-1-2-15-18-10-24-11-25(18)17(21(15)16)6-19(26)20-13-4-12-5-14(20)9-22(7-12,8-13)30-31(27,28)29;;/h1-3,10-14,17,19-20,26H,4-9H2,(H2,27,28,29);;/q;2*+1/p-2. The van der Waals surface area contributed by atoms with E-state index in [1.54, 1.807) is 18.6 Å². The summed E-state index contributed by atoms with van der Waals surface area (Å²) in [6, 6.07) is 4.69. The van der Waals surface area contributed by atoms with E-state index in [0.717, 1.165) is 24.1 Å². The number of fused-ring (bicyclic) bond motifs is 3. The van der Waals surface area contributed by atoms with Crippen molar-refractivity contribution >= 4 is 7.82 Å². The van der Waals surface area contributed by atoms with Gasteiger partial charge in [-0.1, -0.05) is 12.1 Å². The van der Waals surface area contributed by atoms with Gasteiger partial charge in [-0.15, -0.1) is 0 Å². The van der Waals surface area contributed by atoms with Crippen LogP contribution in [-0.4, -0.2) is 26.4 Å². The number of hydrogen-bond donors (Lipinski definition) is 1. The molecule has 4 aliphatic carbocycles. The summed E-state index contributed by atoms with van der Waals surface area (Å²) in [6.45, 7) is 0. The molecular formula is C22H24FN2Na2O5P. The maximum absolute atomic E-state index is 14.8. The number of aliphatic hydroxyl groups is 1. The van der Waals surface area contributed by atoms with Crippen molar-refractivity contribution < 1.29 is 87.5 Å². The van der Waals surface area contributed by atoms with Crippen molar-refractivity contribution in [3.8, 4) is 11.3 Å². The van der Waals surface area contributed by atoms with E-state index in [-0.39, 0.29) is 88.7 Å².